The summed E-state index contributed by atoms with van der Waals surface area (Å²) >= 11 is 5.80. The molecule has 0 aromatic heterocycles. The van der Waals surface area contributed by atoms with Crippen LogP contribution in [0.25, 0.3) is 5.57 Å². The van der Waals surface area contributed by atoms with Crippen LogP contribution >= 0.6 is 11.6 Å². The number of nitro benzene ring substituents is 1. The number of hydrogen-bond acceptors (Lipinski definition) is 3. The molecule has 0 bridgehead atoms. The van der Waals surface area contributed by atoms with Gasteiger partial charge in [0, 0.05) is 11.1 Å². The number of benzene rings is 1. The fourth-order valence-corrected chi connectivity index (χ4v) is 1.56. The molecule has 0 amide bonds. The van der Waals surface area contributed by atoms with Gasteiger partial charge < -0.3 is 0 Å². The van der Waals surface area contributed by atoms with Gasteiger partial charge in [-0.1, -0.05) is 31.0 Å². The van der Waals surface area contributed by atoms with E-state index in [0.29, 0.717) is 17.0 Å². The third kappa shape index (κ3) is 3.30. The summed E-state index contributed by atoms with van der Waals surface area (Å²) in [4.78, 5) is 10.3. The average Bonchev–Trinajstić information content (AvgIpc) is 2.29. The Labute approximate surface area is 104 Å². The first kappa shape index (κ1) is 13.2. The number of nitrogens with zero attached hydrogens (tertiary/aromatic N) is 2. The molecule has 0 unspecified atom stereocenters. The van der Waals surface area contributed by atoms with Crippen LogP contribution in [0.1, 0.15) is 25.3 Å². The zero-order chi connectivity index (χ0) is 12.8. The van der Waals surface area contributed by atoms with Gasteiger partial charge in [0.05, 0.1) is 22.1 Å². The molecule has 0 aliphatic heterocycles. The highest BCUT2D eigenvalue weighted by molar-refractivity contribution is 6.30. The maximum Gasteiger partial charge on any atom is 0.278 e. The Morgan fingerprint density at radius 3 is 2.88 bits per heavy atom. The summed E-state index contributed by atoms with van der Waals surface area (Å²) in [6.45, 7) is 1.97. The lowest BCUT2D eigenvalue weighted by molar-refractivity contribution is -0.385. The highest BCUT2D eigenvalue weighted by Gasteiger charge is 2.17. The van der Waals surface area contributed by atoms with Crippen molar-refractivity contribution >= 4 is 22.9 Å². The zero-order valence-electron chi connectivity index (χ0n) is 9.31. The minimum absolute atomic E-state index is 0.0988. The first-order valence-corrected chi connectivity index (χ1v) is 5.52. The van der Waals surface area contributed by atoms with E-state index in [4.69, 9.17) is 16.9 Å². The highest BCUT2D eigenvalue weighted by atomic mass is 35.5. The van der Waals surface area contributed by atoms with Gasteiger partial charge in [0.25, 0.3) is 5.69 Å². The molecule has 0 spiro atoms. The Balaban J connectivity index is 3.32. The van der Waals surface area contributed by atoms with Crippen molar-refractivity contribution in [3.05, 3.63) is 45.0 Å². The van der Waals surface area contributed by atoms with Gasteiger partial charge in [-0.3, -0.25) is 10.1 Å². The number of nitro groups is 1. The maximum atomic E-state index is 10.9. The molecule has 0 aliphatic carbocycles. The number of hydrogen-bond donors (Lipinski definition) is 0. The Bertz CT molecular complexity index is 504. The lowest BCUT2D eigenvalue weighted by atomic mass is 10.0. The van der Waals surface area contributed by atoms with Gasteiger partial charge >= 0.3 is 0 Å². The molecule has 0 atom stereocenters. The van der Waals surface area contributed by atoms with Crippen LogP contribution in [0.2, 0.25) is 5.02 Å². The standard InChI is InChI=1S/C12H11ClN2O2/c1-2-3-4-9(8-14)11-7-10(13)5-6-12(11)15(16)17/h4-7H,2-3H2,1H3. The van der Waals surface area contributed by atoms with E-state index in [1.807, 2.05) is 13.0 Å². The smallest absolute Gasteiger partial charge is 0.258 e. The quantitative estimate of drug-likeness (QED) is 0.461. The summed E-state index contributed by atoms with van der Waals surface area (Å²) in [6, 6.07) is 6.18. The molecular weight excluding hydrogens is 240 g/mol. The Morgan fingerprint density at radius 2 is 2.35 bits per heavy atom. The first-order valence-electron chi connectivity index (χ1n) is 5.14. The summed E-state index contributed by atoms with van der Waals surface area (Å²) in [5.41, 5.74) is 0.470. The normalized spacial score (nSPS) is 11.0. The predicted molar refractivity (Wildman–Crippen MR) is 66.6 cm³/mol. The second-order valence-electron chi connectivity index (χ2n) is 3.44. The van der Waals surface area contributed by atoms with E-state index in [1.165, 1.54) is 18.2 Å². The summed E-state index contributed by atoms with van der Waals surface area (Å²) in [6.07, 6.45) is 3.27. The summed E-state index contributed by atoms with van der Waals surface area (Å²) in [7, 11) is 0. The van der Waals surface area contributed by atoms with E-state index >= 15 is 0 Å². The predicted octanol–water partition coefficient (Wildman–Crippen LogP) is 3.96. The summed E-state index contributed by atoms with van der Waals surface area (Å²) < 4.78 is 0. The van der Waals surface area contributed by atoms with Gasteiger partial charge in [0.15, 0.2) is 0 Å². The van der Waals surface area contributed by atoms with Crippen molar-refractivity contribution in [1.29, 1.82) is 5.26 Å². The van der Waals surface area contributed by atoms with Crippen molar-refractivity contribution in [1.82, 2.24) is 0 Å². The Kier molecular flexibility index (Phi) is 4.68. The molecule has 0 fully saturated rings. The SMILES string of the molecule is CCCC=C(C#N)c1cc(Cl)ccc1[N+](=O)[O-]. The van der Waals surface area contributed by atoms with Crippen LogP contribution in [-0.4, -0.2) is 4.92 Å². The molecular formula is C12H11ClN2O2. The lowest BCUT2D eigenvalue weighted by Crippen LogP contribution is -1.94. The van der Waals surface area contributed by atoms with Crippen molar-refractivity contribution in [2.24, 2.45) is 0 Å². The fourth-order valence-electron chi connectivity index (χ4n) is 1.39. The minimum Gasteiger partial charge on any atom is -0.258 e. The third-order valence-electron chi connectivity index (χ3n) is 2.20. The van der Waals surface area contributed by atoms with Crippen molar-refractivity contribution in [3.63, 3.8) is 0 Å². The maximum absolute atomic E-state index is 10.9. The molecule has 88 valence electrons. The average molecular weight is 251 g/mol. The van der Waals surface area contributed by atoms with Gasteiger partial charge in [-0.15, -0.1) is 0 Å². The van der Waals surface area contributed by atoms with Gasteiger partial charge in [-0.05, 0) is 18.6 Å². The third-order valence-corrected chi connectivity index (χ3v) is 2.44. The molecule has 0 radical (unpaired) electrons. The Morgan fingerprint density at radius 1 is 1.65 bits per heavy atom. The number of nitriles is 1. The molecule has 5 heteroatoms. The van der Waals surface area contributed by atoms with Crippen LogP contribution in [0.15, 0.2) is 24.3 Å². The largest absolute Gasteiger partial charge is 0.278 e. The summed E-state index contributed by atoms with van der Waals surface area (Å²) in [5.74, 6) is 0. The minimum atomic E-state index is -0.511. The molecule has 17 heavy (non-hydrogen) atoms. The van der Waals surface area contributed by atoms with Crippen LogP contribution in [-0.2, 0) is 0 Å². The van der Waals surface area contributed by atoms with Crippen LogP contribution < -0.4 is 0 Å². The van der Waals surface area contributed by atoms with Crippen LogP contribution in [0.3, 0.4) is 0 Å². The van der Waals surface area contributed by atoms with Crippen molar-refractivity contribution in [2.75, 3.05) is 0 Å². The number of allylic oxidation sites excluding steroid dienone is 2. The van der Waals surface area contributed by atoms with E-state index in [1.54, 1.807) is 6.08 Å². The molecule has 0 heterocycles. The number of unbranched alkanes of at least 4 members (excludes halogenated alkanes) is 1. The zero-order valence-corrected chi connectivity index (χ0v) is 10.1. The second-order valence-corrected chi connectivity index (χ2v) is 3.87. The lowest BCUT2D eigenvalue weighted by Gasteiger charge is -2.02. The van der Waals surface area contributed by atoms with Crippen LogP contribution in [0.5, 0.6) is 0 Å². The number of halogens is 1. The topological polar surface area (TPSA) is 66.9 Å². The van der Waals surface area contributed by atoms with Crippen molar-refractivity contribution < 1.29 is 4.92 Å². The molecule has 0 N–H and O–H groups in total. The molecule has 1 aromatic carbocycles. The molecule has 0 saturated carbocycles. The van der Waals surface area contributed by atoms with Gasteiger partial charge in [-0.2, -0.15) is 5.26 Å². The van der Waals surface area contributed by atoms with Gasteiger partial charge in [0.2, 0.25) is 0 Å². The van der Waals surface area contributed by atoms with Gasteiger partial charge in [-0.25, -0.2) is 0 Å². The van der Waals surface area contributed by atoms with E-state index in [-0.39, 0.29) is 11.3 Å². The van der Waals surface area contributed by atoms with E-state index in [2.05, 4.69) is 0 Å². The molecule has 1 aromatic rings. The van der Waals surface area contributed by atoms with Gasteiger partial charge in [0.1, 0.15) is 0 Å². The van der Waals surface area contributed by atoms with E-state index in [9.17, 15) is 10.1 Å². The first-order chi connectivity index (χ1) is 8.10. The van der Waals surface area contributed by atoms with E-state index < -0.39 is 4.92 Å². The highest BCUT2D eigenvalue weighted by Crippen LogP contribution is 2.29. The summed E-state index contributed by atoms with van der Waals surface area (Å²) in [5, 5.41) is 20.3. The fraction of sp³-hybridized carbons (Fsp3) is 0.250. The molecule has 1 rings (SSSR count). The van der Waals surface area contributed by atoms with Crippen molar-refractivity contribution in [2.45, 2.75) is 19.8 Å². The monoisotopic (exact) mass is 250 g/mol. The number of rotatable bonds is 4. The van der Waals surface area contributed by atoms with Crippen LogP contribution in [0.4, 0.5) is 5.69 Å². The van der Waals surface area contributed by atoms with Crippen LogP contribution in [0, 0.1) is 21.4 Å². The second kappa shape index (κ2) is 6.02. The Hall–Kier alpha value is -1.86. The molecule has 4 nitrogen and oxygen atoms in total. The van der Waals surface area contributed by atoms with Crippen molar-refractivity contribution in [3.8, 4) is 6.07 Å². The molecule has 0 saturated heterocycles. The van der Waals surface area contributed by atoms with E-state index in [0.717, 1.165) is 6.42 Å². The molecule has 0 aliphatic rings.